The highest BCUT2D eigenvalue weighted by molar-refractivity contribution is 5.91. The highest BCUT2D eigenvalue weighted by Gasteiger charge is 2.32. The number of allylic oxidation sites excluding steroid dienone is 4. The number of phenolic OH excluding ortho intramolecular Hbond substituents is 1. The molecule has 1 aliphatic heterocycles. The quantitative estimate of drug-likeness (QED) is 0.0820. The van der Waals surface area contributed by atoms with E-state index in [0.717, 1.165) is 95.1 Å². The molecule has 1 atom stereocenters. The molecule has 2 fully saturated rings. The van der Waals surface area contributed by atoms with Gasteiger partial charge in [0.15, 0.2) is 5.78 Å². The maximum Gasteiger partial charge on any atom is 0.270 e. The Hall–Kier alpha value is -3.10. The Balaban J connectivity index is 1.61. The summed E-state index contributed by atoms with van der Waals surface area (Å²) in [5.41, 5.74) is 2.39. The summed E-state index contributed by atoms with van der Waals surface area (Å²) in [6.07, 6.45) is 16.8. The van der Waals surface area contributed by atoms with Crippen LogP contribution in [0.15, 0.2) is 65.3 Å². The molecular weight excluding hydrogens is 560 g/mol. The van der Waals surface area contributed by atoms with Crippen LogP contribution in [0.25, 0.3) is 5.70 Å². The summed E-state index contributed by atoms with van der Waals surface area (Å²) in [5.74, 6) is -3.23. The van der Waals surface area contributed by atoms with Crippen LogP contribution < -0.4 is 5.32 Å². The Morgan fingerprint density at radius 1 is 1.27 bits per heavy atom. The largest absolute Gasteiger partial charge is 0.507 e. The number of aliphatic hydroxyl groups excluding tert-OH is 1. The molecule has 0 aromatic heterocycles. The lowest BCUT2D eigenvalue weighted by Gasteiger charge is -2.38. The zero-order chi connectivity index (χ0) is 32.3. The molecule has 0 unspecified atom stereocenters. The number of alkyl halides is 2. The van der Waals surface area contributed by atoms with Crippen molar-refractivity contribution in [2.75, 3.05) is 19.6 Å². The number of aliphatic hydroxyl groups is 1. The lowest BCUT2D eigenvalue weighted by molar-refractivity contribution is -0.116. The normalized spacial score (nSPS) is 24.2. The number of likely N-dealkylation sites (tertiary alicyclic amines) is 1. The average molecular weight is 612 g/mol. The van der Waals surface area contributed by atoms with Crippen LogP contribution in [0, 0.1) is 5.41 Å². The average Bonchev–Trinajstić information content (AvgIpc) is 2.97. The molecule has 1 aromatic carbocycles. The molecule has 242 valence electrons. The minimum Gasteiger partial charge on any atom is -0.507 e. The molecule has 1 aliphatic carbocycles. The Morgan fingerprint density at radius 2 is 2.00 bits per heavy atom. The van der Waals surface area contributed by atoms with Gasteiger partial charge >= 0.3 is 0 Å². The standard InChI is InChI=1S/C36H51F2N3O3/c1-6-11-28(22-26(3)34(39-5)32-15-14-27(23-33(32)44)35(4,37)38)40-29-12-10-21-41(24-29)25-31(43)13-8-9-18-36(7-2)19-16-30(42)17-20-36/h6,8,13-15,22-23,29-30,40,42,44H,1,5,7,9-12,16-21,24-25H2,2-4H3/b13-8+,28-22+,34-26-/t29-,30?,36?/m1/s1. The monoisotopic (exact) mass is 611 g/mol. The molecule has 1 saturated carbocycles. The molecule has 3 N–H and O–H groups in total. The molecule has 6 nitrogen and oxygen atoms in total. The summed E-state index contributed by atoms with van der Waals surface area (Å²) in [6, 6.07) is 3.94. The first-order valence-corrected chi connectivity index (χ1v) is 16.0. The molecule has 1 aromatic rings. The van der Waals surface area contributed by atoms with Crippen LogP contribution in [-0.2, 0) is 10.7 Å². The number of hydrogen-bond acceptors (Lipinski definition) is 6. The lowest BCUT2D eigenvalue weighted by Crippen LogP contribution is -2.46. The fourth-order valence-corrected chi connectivity index (χ4v) is 6.52. The third-order valence-electron chi connectivity index (χ3n) is 9.23. The third-order valence-corrected chi connectivity index (χ3v) is 9.23. The summed E-state index contributed by atoms with van der Waals surface area (Å²) < 4.78 is 27.5. The zero-order valence-electron chi connectivity index (χ0n) is 26.8. The Kier molecular flexibility index (Phi) is 13.1. The van der Waals surface area contributed by atoms with Gasteiger partial charge in [0.25, 0.3) is 5.92 Å². The molecule has 0 spiro atoms. The summed E-state index contributed by atoms with van der Waals surface area (Å²) in [4.78, 5) is 19.1. The number of aromatic hydroxyl groups is 1. The lowest BCUT2D eigenvalue weighted by atomic mass is 9.69. The van der Waals surface area contributed by atoms with E-state index in [4.69, 9.17) is 0 Å². The molecule has 8 heteroatoms. The van der Waals surface area contributed by atoms with E-state index in [0.29, 0.717) is 29.6 Å². The van der Waals surface area contributed by atoms with Gasteiger partial charge in [0.1, 0.15) is 5.75 Å². The number of phenols is 1. The number of nitrogens with one attached hydrogen (secondary N) is 1. The van der Waals surface area contributed by atoms with Gasteiger partial charge in [-0.2, -0.15) is 0 Å². The first-order chi connectivity index (χ1) is 20.9. The number of carbonyl (C=O) groups is 1. The third kappa shape index (κ3) is 10.2. The first-order valence-electron chi connectivity index (χ1n) is 16.0. The van der Waals surface area contributed by atoms with E-state index in [1.807, 2.05) is 19.1 Å². The van der Waals surface area contributed by atoms with Crippen molar-refractivity contribution in [1.29, 1.82) is 0 Å². The van der Waals surface area contributed by atoms with Crippen molar-refractivity contribution >= 4 is 18.2 Å². The van der Waals surface area contributed by atoms with Gasteiger partial charge in [0.05, 0.1) is 18.3 Å². The Morgan fingerprint density at radius 3 is 2.61 bits per heavy atom. The number of carbonyl (C=O) groups excluding carboxylic acids is 1. The van der Waals surface area contributed by atoms with E-state index in [1.54, 1.807) is 12.2 Å². The van der Waals surface area contributed by atoms with Crippen molar-refractivity contribution in [3.63, 3.8) is 0 Å². The maximum atomic E-state index is 13.7. The van der Waals surface area contributed by atoms with Gasteiger partial charge in [-0.25, -0.2) is 8.78 Å². The second kappa shape index (κ2) is 16.3. The Labute approximate surface area is 262 Å². The van der Waals surface area contributed by atoms with Crippen molar-refractivity contribution in [2.45, 2.75) is 103 Å². The number of aliphatic imine (C=N–C) groups is 1. The van der Waals surface area contributed by atoms with Crippen molar-refractivity contribution in [1.82, 2.24) is 10.2 Å². The first kappa shape index (κ1) is 35.4. The smallest absolute Gasteiger partial charge is 0.270 e. The van der Waals surface area contributed by atoms with Crippen LogP contribution in [0.4, 0.5) is 8.78 Å². The molecule has 2 aliphatic rings. The van der Waals surface area contributed by atoms with Crippen LogP contribution >= 0.6 is 0 Å². The molecule has 0 bridgehead atoms. The minimum absolute atomic E-state index is 0.115. The predicted octanol–water partition coefficient (Wildman–Crippen LogP) is 7.69. The van der Waals surface area contributed by atoms with Crippen LogP contribution in [0.2, 0.25) is 0 Å². The molecule has 0 amide bonds. The summed E-state index contributed by atoms with van der Waals surface area (Å²) in [5, 5.41) is 24.0. The minimum atomic E-state index is -3.06. The zero-order valence-corrected chi connectivity index (χ0v) is 26.8. The van der Waals surface area contributed by atoms with Crippen molar-refractivity contribution < 1.29 is 23.8 Å². The number of nitrogens with zero attached hydrogens (tertiary/aromatic N) is 2. The second-order valence-corrected chi connectivity index (χ2v) is 12.7. The molecule has 44 heavy (non-hydrogen) atoms. The van der Waals surface area contributed by atoms with Gasteiger partial charge in [-0.15, -0.1) is 6.58 Å². The molecule has 0 radical (unpaired) electrons. The number of halogens is 2. The van der Waals surface area contributed by atoms with Gasteiger partial charge in [-0.05, 0) is 107 Å². The molecule has 1 saturated heterocycles. The molecule has 3 rings (SSSR count). The van der Waals surface area contributed by atoms with Gasteiger partial charge in [0, 0.05) is 42.8 Å². The molecule has 1 heterocycles. The maximum absolute atomic E-state index is 13.7. The number of ketones is 1. The van der Waals surface area contributed by atoms with E-state index in [1.165, 1.54) is 12.1 Å². The number of benzene rings is 1. The van der Waals surface area contributed by atoms with Crippen LogP contribution in [0.5, 0.6) is 5.75 Å². The summed E-state index contributed by atoms with van der Waals surface area (Å²) in [7, 11) is 0. The second-order valence-electron chi connectivity index (χ2n) is 12.7. The predicted molar refractivity (Wildman–Crippen MR) is 176 cm³/mol. The fourth-order valence-electron chi connectivity index (χ4n) is 6.52. The topological polar surface area (TPSA) is 85.2 Å². The van der Waals surface area contributed by atoms with Crippen molar-refractivity contribution in [3.8, 4) is 5.75 Å². The van der Waals surface area contributed by atoms with E-state index >= 15 is 0 Å². The van der Waals surface area contributed by atoms with Gasteiger partial charge < -0.3 is 15.5 Å². The van der Waals surface area contributed by atoms with Crippen LogP contribution in [0.1, 0.15) is 96.1 Å². The van der Waals surface area contributed by atoms with Crippen molar-refractivity contribution in [2.24, 2.45) is 10.4 Å². The summed E-state index contributed by atoms with van der Waals surface area (Å²) >= 11 is 0. The van der Waals surface area contributed by atoms with Crippen LogP contribution in [0.3, 0.4) is 0 Å². The van der Waals surface area contributed by atoms with Crippen molar-refractivity contribution in [3.05, 3.63) is 71.5 Å². The highest BCUT2D eigenvalue weighted by atomic mass is 19.3. The van der Waals surface area contributed by atoms with Gasteiger partial charge in [-0.3, -0.25) is 14.7 Å². The van der Waals surface area contributed by atoms with Gasteiger partial charge in [0.2, 0.25) is 0 Å². The van der Waals surface area contributed by atoms with E-state index in [-0.39, 0.29) is 29.2 Å². The molecular formula is C36H51F2N3O3. The fraction of sp³-hybridized carbons (Fsp3) is 0.556. The number of rotatable bonds is 15. The summed E-state index contributed by atoms with van der Waals surface area (Å²) in [6.45, 7) is 14.4. The van der Waals surface area contributed by atoms with E-state index in [9.17, 15) is 23.8 Å². The van der Waals surface area contributed by atoms with Crippen LogP contribution in [-0.4, -0.2) is 59.4 Å². The number of piperidine rings is 1. The Bertz CT molecular complexity index is 1240. The highest BCUT2D eigenvalue weighted by Crippen LogP contribution is 2.43. The SMILES string of the molecule is C=CC/C(=C\C(C)=C(/N=C)c1ccc(C(C)(F)F)cc1O)N[C@@H]1CCCN(CC(=O)/C=C/CCC2(CC)CCC(O)CC2)C1. The van der Waals surface area contributed by atoms with E-state index < -0.39 is 5.92 Å². The van der Waals surface area contributed by atoms with E-state index in [2.05, 4.69) is 35.4 Å². The number of hydrogen-bond donors (Lipinski definition) is 3. The van der Waals surface area contributed by atoms with Gasteiger partial charge in [-0.1, -0.05) is 31.6 Å².